The van der Waals surface area contributed by atoms with Crippen molar-refractivity contribution in [1.29, 1.82) is 0 Å². The Balaban J connectivity index is 0.564. The van der Waals surface area contributed by atoms with Gasteiger partial charge in [0.1, 0.15) is 0 Å². The number of sulfonamides is 3. The minimum atomic E-state index is -3.92. The van der Waals surface area contributed by atoms with Gasteiger partial charge in [0.25, 0.3) is 0 Å². The van der Waals surface area contributed by atoms with E-state index in [1.54, 1.807) is 88.7 Å². The van der Waals surface area contributed by atoms with Crippen LogP contribution in [0, 0.1) is 0 Å². The summed E-state index contributed by atoms with van der Waals surface area (Å²) in [7, 11) is -7.23. The molecule has 4 heterocycles. The number of hydrogen-bond acceptors (Lipinski definition) is 29. The first-order chi connectivity index (χ1) is 72.0. The fourth-order valence-electron chi connectivity index (χ4n) is 18.0. The number of hydrogen-bond donors (Lipinski definition) is 10. The highest BCUT2D eigenvalue weighted by Crippen LogP contribution is 2.48. The fraction of sp³-hybridized carbons (Fsp3) is 0.490. The lowest BCUT2D eigenvalue weighted by Gasteiger charge is -2.36. The molecular weight excluding hydrogens is 2190 g/mol. The Bertz CT molecular complexity index is 5970. The molecule has 12 rings (SSSR count). The third kappa shape index (κ3) is 38.6. The van der Waals surface area contributed by atoms with Gasteiger partial charge in [0.2, 0.25) is 53.7 Å². The number of carbonyl (C=O) groups excluding carboxylic acids is 4. The molecular formula is C102H134Cl8N14O22S4. The lowest BCUT2D eigenvalue weighted by Crippen LogP contribution is -2.45. The predicted molar refractivity (Wildman–Crippen MR) is 582 cm³/mol. The summed E-state index contributed by atoms with van der Waals surface area (Å²) in [6.07, 6.45) is 0. The van der Waals surface area contributed by atoms with E-state index in [2.05, 4.69) is 59.8 Å². The van der Waals surface area contributed by atoms with E-state index in [-0.39, 0.29) is 262 Å². The summed E-state index contributed by atoms with van der Waals surface area (Å²) in [5.41, 5.74) is 11.0. The predicted octanol–water partition coefficient (Wildman–Crippen LogP) is 11.0. The van der Waals surface area contributed by atoms with Crippen LogP contribution in [0.15, 0.2) is 165 Å². The van der Waals surface area contributed by atoms with Crippen molar-refractivity contribution in [2.24, 2.45) is 0 Å². The normalized spacial score (nSPS) is 16.5. The first-order valence-electron chi connectivity index (χ1n) is 49.3. The van der Waals surface area contributed by atoms with E-state index >= 15 is 0 Å². The molecule has 0 saturated heterocycles. The quantitative estimate of drug-likeness (QED) is 0.0158. The van der Waals surface area contributed by atoms with Gasteiger partial charge in [0.05, 0.1) is 178 Å². The number of likely N-dealkylation sites (N-methyl/N-ethyl adjacent to an activating group) is 4. The van der Waals surface area contributed by atoms with Crippen LogP contribution in [-0.2, 0) is 123 Å². The number of fused-ring (bicyclic) bond motifs is 4. The smallest absolute Gasteiger partial charge is 0.240 e. The summed E-state index contributed by atoms with van der Waals surface area (Å²) in [6, 6.07) is 42.0. The van der Waals surface area contributed by atoms with E-state index in [0.717, 1.165) is 66.8 Å². The molecule has 0 fully saturated rings. The maximum Gasteiger partial charge on any atom is 0.240 e. The van der Waals surface area contributed by atoms with Crippen molar-refractivity contribution >= 4 is 157 Å². The molecule has 0 unspecified atom stereocenters. The van der Waals surface area contributed by atoms with Gasteiger partial charge in [-0.05, 0) is 192 Å². The first kappa shape index (κ1) is 122. The lowest BCUT2D eigenvalue weighted by atomic mass is 9.85. The Morgan fingerprint density at radius 3 is 0.753 bits per heavy atom. The van der Waals surface area contributed by atoms with Gasteiger partial charge in [0.15, 0.2) is 0 Å². The van der Waals surface area contributed by atoms with Gasteiger partial charge in [-0.3, -0.25) is 38.1 Å². The molecule has 10 N–H and O–H groups in total. The molecule has 8 aromatic rings. The van der Waals surface area contributed by atoms with Crippen molar-refractivity contribution in [2.45, 2.75) is 69.4 Å². The molecule has 8 aromatic carbocycles. The lowest BCUT2D eigenvalue weighted by molar-refractivity contribution is -0.127. The molecule has 824 valence electrons. The molecule has 4 aliphatic heterocycles. The standard InChI is InChI=1S/C102H134Cl8N14O22S4/c1-119-59-87(83-51-75(103)55-95(107)91(83)63-119)71-9-5-13-79(47-71)147(129,130)115-21-31-141-41-37-137-27-17-111-99(125)67-123(68-100(126)112-18-28-138-38-42-142-32-22-116-148(131,132)80-14-6-10-72(48-80)88-60-120(2)64-92-84(88)52-76(104)56-96(92)108)25-35-145-45-46-146-36-26-124(69-101(127)113-19-29-139-39-43-143-33-23-117-149(133,134)81-15-7-11-73(49-81)89-61-121(3)65-93-85(89)53-77(105)57-97(93)109)70-102(128)114-20-30-140-40-44-144-34-24-118-150(135,136)82-16-8-12-74(50-82)90-62-122(4)66-94-86(90)54-78(106)58-98(94)110/h5-16,47-58,87-90,115-118,129-130H,17-46,59-70H2,1-4H3,(H,111,125)(H,112,126)(H,113,127)(H,114,128)/t87-,88-,89-,90-/m0/s1. The van der Waals surface area contributed by atoms with Crippen molar-refractivity contribution < 1.29 is 101 Å². The molecule has 0 aliphatic carbocycles. The van der Waals surface area contributed by atoms with E-state index in [1.165, 1.54) is 18.2 Å². The number of benzene rings is 8. The molecule has 4 amide bonds. The van der Waals surface area contributed by atoms with Crippen LogP contribution >= 0.6 is 104 Å². The summed E-state index contributed by atoms with van der Waals surface area (Å²) in [5.74, 6) is -2.23. The summed E-state index contributed by atoms with van der Waals surface area (Å²) < 4.78 is 172. The molecule has 0 aromatic heterocycles. The average Bonchev–Trinajstić information content (AvgIpc) is 0.781. The van der Waals surface area contributed by atoms with E-state index in [9.17, 15) is 53.5 Å². The highest BCUT2D eigenvalue weighted by molar-refractivity contribution is 8.22. The van der Waals surface area contributed by atoms with E-state index in [0.29, 0.717) is 97.4 Å². The minimum Gasteiger partial charge on any atom is -0.378 e. The van der Waals surface area contributed by atoms with Crippen molar-refractivity contribution in [1.82, 2.24) is 69.6 Å². The zero-order valence-electron chi connectivity index (χ0n) is 84.3. The molecule has 48 heteroatoms. The summed E-state index contributed by atoms with van der Waals surface area (Å²) in [5, 5.41) is 15.5. The van der Waals surface area contributed by atoms with E-state index < -0.39 is 64.5 Å². The minimum absolute atomic E-state index is 0.00719. The Hall–Kier alpha value is -6.72. The Morgan fingerprint density at radius 2 is 0.507 bits per heavy atom. The van der Waals surface area contributed by atoms with Gasteiger partial charge >= 0.3 is 0 Å². The summed E-state index contributed by atoms with van der Waals surface area (Å²) in [6.45, 7) is 7.39. The van der Waals surface area contributed by atoms with E-state index in [4.69, 9.17) is 140 Å². The number of rotatable bonds is 65. The Morgan fingerprint density at radius 1 is 0.293 bits per heavy atom. The van der Waals surface area contributed by atoms with Crippen LogP contribution in [0.3, 0.4) is 0 Å². The second kappa shape index (κ2) is 61.3. The monoisotopic (exact) mass is 2310 g/mol. The van der Waals surface area contributed by atoms with Crippen LogP contribution in [-0.4, -0.2) is 366 Å². The Labute approximate surface area is 920 Å². The van der Waals surface area contributed by atoms with Crippen LogP contribution in [0.4, 0.5) is 0 Å². The van der Waals surface area contributed by atoms with Crippen molar-refractivity contribution in [3.8, 4) is 0 Å². The molecule has 4 aliphatic rings. The van der Waals surface area contributed by atoms with Crippen LogP contribution in [0.2, 0.25) is 40.2 Å². The summed E-state index contributed by atoms with van der Waals surface area (Å²) in [4.78, 5) is 66.3. The zero-order chi connectivity index (χ0) is 107. The number of halogens is 8. The number of carbonyl (C=O) groups is 4. The molecule has 36 nitrogen and oxygen atoms in total. The molecule has 4 atom stereocenters. The largest absolute Gasteiger partial charge is 0.378 e. The second-order valence-corrected chi connectivity index (χ2v) is 47.2. The van der Waals surface area contributed by atoms with Crippen LogP contribution in [0.1, 0.15) is 90.4 Å². The highest BCUT2D eigenvalue weighted by Gasteiger charge is 2.35. The molecule has 0 saturated carbocycles. The van der Waals surface area contributed by atoms with Crippen LogP contribution < -0.4 is 40.2 Å². The average molecular weight is 2320 g/mol. The topological polar surface area (TPSA) is 419 Å². The SMILES string of the molecule is CN1Cc2c(Cl)cc(Cl)cc2[C@H](c2cccc(S(O)(O)NCCOCCOCCNC(=O)CN(CCOCCOCCN(CC(=O)NCCOCCOCCNS(=O)(=O)c3cccc([C@@H]4CN(C)Cc5c(Cl)cc(Cl)cc54)c3)CC(=O)NCCOCCOCCNS(=O)(=O)c3cccc([C@@H]4CN(C)Cc5c(Cl)cc(Cl)cc54)c3)CC(=O)NCCOCCOCCNS(=O)(=O)c3cccc([C@@H]4CN(C)Cc5c(Cl)cc(Cl)cc54)c3)c2)C1. The van der Waals surface area contributed by atoms with E-state index in [1.807, 2.05) is 76.7 Å². The number of nitrogens with one attached hydrogen (secondary N) is 8. The molecule has 0 bridgehead atoms. The van der Waals surface area contributed by atoms with Crippen molar-refractivity contribution in [2.75, 3.05) is 278 Å². The Kier molecular flexibility index (Phi) is 49.8. The molecule has 150 heavy (non-hydrogen) atoms. The van der Waals surface area contributed by atoms with Gasteiger partial charge in [-0.2, -0.15) is 0 Å². The fourth-order valence-corrected chi connectivity index (χ4v) is 24.6. The number of amides is 4. The highest BCUT2D eigenvalue weighted by atomic mass is 35.5. The summed E-state index contributed by atoms with van der Waals surface area (Å²) >= 11 is 52.1. The van der Waals surface area contributed by atoms with Gasteiger partial charge in [-0.25, -0.2) is 44.1 Å². The second-order valence-electron chi connectivity index (χ2n) is 36.7. The van der Waals surface area contributed by atoms with Gasteiger partial charge < -0.3 is 88.2 Å². The van der Waals surface area contributed by atoms with Gasteiger partial charge in [-0.15, -0.1) is 10.8 Å². The number of ether oxygens (including phenoxy) is 10. The van der Waals surface area contributed by atoms with Crippen molar-refractivity contribution in [3.05, 3.63) is 253 Å². The first-order valence-corrected chi connectivity index (χ1v) is 58.3. The third-order valence-electron chi connectivity index (χ3n) is 25.1. The molecule has 0 spiro atoms. The number of nitrogens with zero attached hydrogens (tertiary/aromatic N) is 6. The maximum atomic E-state index is 13.5. The van der Waals surface area contributed by atoms with Crippen LogP contribution in [0.25, 0.3) is 0 Å². The maximum absolute atomic E-state index is 13.5. The third-order valence-corrected chi connectivity index (χ3v) is 33.3. The van der Waals surface area contributed by atoms with Gasteiger partial charge in [-0.1, -0.05) is 141 Å². The zero-order valence-corrected chi connectivity index (χ0v) is 93.6. The van der Waals surface area contributed by atoms with Crippen LogP contribution in [0.5, 0.6) is 0 Å². The molecule has 0 radical (unpaired) electrons. The van der Waals surface area contributed by atoms with Crippen molar-refractivity contribution in [3.63, 3.8) is 0 Å². The van der Waals surface area contributed by atoms with Gasteiger partial charge in [0, 0.05) is 182 Å².